The van der Waals surface area contributed by atoms with Crippen molar-refractivity contribution in [1.82, 2.24) is 30.1 Å². The van der Waals surface area contributed by atoms with E-state index in [1.165, 1.54) is 21.3 Å². The van der Waals surface area contributed by atoms with E-state index in [1.807, 2.05) is 45.0 Å². The molecule has 1 saturated heterocycles. The molecule has 0 aliphatic carbocycles. The van der Waals surface area contributed by atoms with Crippen LogP contribution in [0.25, 0.3) is 11.0 Å². The van der Waals surface area contributed by atoms with Crippen molar-refractivity contribution in [2.75, 3.05) is 60.7 Å². The summed E-state index contributed by atoms with van der Waals surface area (Å²) in [5, 5.41) is 11.6. The normalized spacial score (nSPS) is 14.8. The average molecular weight is 583 g/mol. The molecule has 228 valence electrons. The summed E-state index contributed by atoms with van der Waals surface area (Å²) in [5.74, 6) is 0.596. The number of nitrogens with one attached hydrogen (secondary N) is 1. The Labute approximate surface area is 246 Å². The summed E-state index contributed by atoms with van der Waals surface area (Å²) >= 11 is 0. The molecule has 0 bridgehead atoms. The molecule has 0 radical (unpaired) electrons. The van der Waals surface area contributed by atoms with Crippen LogP contribution in [0.3, 0.4) is 0 Å². The van der Waals surface area contributed by atoms with Gasteiger partial charge in [0, 0.05) is 31.7 Å². The highest BCUT2D eigenvalue weighted by atomic mass is 16.5. The van der Waals surface area contributed by atoms with Gasteiger partial charge in [-0.25, -0.2) is 4.68 Å². The Balaban J connectivity index is 1.79. The lowest BCUT2D eigenvalue weighted by atomic mass is 9.98. The number of morpholine rings is 1. The van der Waals surface area contributed by atoms with Crippen LogP contribution in [0, 0.1) is 0 Å². The number of carbonyl (C=O) groups excluding carboxylic acids is 2. The zero-order valence-electron chi connectivity index (χ0n) is 25.4. The first-order valence-corrected chi connectivity index (χ1v) is 14.2. The van der Waals surface area contributed by atoms with E-state index in [1.54, 1.807) is 21.7 Å². The van der Waals surface area contributed by atoms with Crippen LogP contribution in [0.5, 0.6) is 17.2 Å². The predicted molar refractivity (Wildman–Crippen MR) is 158 cm³/mol. The molecule has 12 heteroatoms. The van der Waals surface area contributed by atoms with Crippen molar-refractivity contribution in [3.05, 3.63) is 42.0 Å². The number of carbonyl (C=O) groups is 2. The maximum Gasteiger partial charge on any atom is 0.247 e. The lowest BCUT2D eigenvalue weighted by molar-refractivity contribution is -0.142. The molecule has 1 aliphatic heterocycles. The van der Waals surface area contributed by atoms with Gasteiger partial charge in [-0.2, -0.15) is 0 Å². The van der Waals surface area contributed by atoms with Crippen LogP contribution >= 0.6 is 0 Å². The standard InChI is InChI=1S/C30H42N6O6/c1-7-30(2,3)31-29(38)27(21-18-24(39-4)28(41-6)25(19-21)40-5)35(13-12-34-14-16-42-17-15-34)26(37)20-36-23-11-9-8-10-22(23)32-33-36/h8-11,18-19,27H,7,12-17,20H2,1-6H3,(H,31,38)/t27-/m0/s1. The highest BCUT2D eigenvalue weighted by molar-refractivity contribution is 5.90. The molecule has 2 heterocycles. The van der Waals surface area contributed by atoms with Gasteiger partial charge in [0.15, 0.2) is 11.5 Å². The van der Waals surface area contributed by atoms with E-state index < -0.39 is 11.6 Å². The van der Waals surface area contributed by atoms with E-state index in [-0.39, 0.29) is 18.4 Å². The van der Waals surface area contributed by atoms with E-state index in [0.29, 0.717) is 61.1 Å². The van der Waals surface area contributed by atoms with Gasteiger partial charge in [-0.3, -0.25) is 14.5 Å². The predicted octanol–water partition coefficient (Wildman–Crippen LogP) is 2.66. The molecule has 1 N–H and O–H groups in total. The summed E-state index contributed by atoms with van der Waals surface area (Å²) in [6, 6.07) is 9.93. The van der Waals surface area contributed by atoms with Crippen LogP contribution in [0.4, 0.5) is 0 Å². The van der Waals surface area contributed by atoms with Crippen LogP contribution in [-0.2, 0) is 20.9 Å². The minimum atomic E-state index is -0.993. The summed E-state index contributed by atoms with van der Waals surface area (Å²) < 4.78 is 23.8. The smallest absolute Gasteiger partial charge is 0.247 e. The van der Waals surface area contributed by atoms with Crippen molar-refractivity contribution in [2.24, 2.45) is 0 Å². The maximum absolute atomic E-state index is 14.2. The maximum atomic E-state index is 14.2. The molecular formula is C30H42N6O6. The summed E-state index contributed by atoms with van der Waals surface area (Å²) in [6.07, 6.45) is 0.702. The van der Waals surface area contributed by atoms with Gasteiger partial charge in [0.25, 0.3) is 0 Å². The van der Waals surface area contributed by atoms with Gasteiger partial charge >= 0.3 is 0 Å². The van der Waals surface area contributed by atoms with Crippen molar-refractivity contribution in [2.45, 2.75) is 45.3 Å². The summed E-state index contributed by atoms with van der Waals surface area (Å²) in [5.41, 5.74) is 1.46. The lowest BCUT2D eigenvalue weighted by Gasteiger charge is -2.36. The molecular weight excluding hydrogens is 540 g/mol. The zero-order chi connectivity index (χ0) is 30.3. The zero-order valence-corrected chi connectivity index (χ0v) is 25.4. The van der Waals surface area contributed by atoms with Crippen LogP contribution in [0.15, 0.2) is 36.4 Å². The van der Waals surface area contributed by atoms with Gasteiger partial charge < -0.3 is 29.2 Å². The molecule has 12 nitrogen and oxygen atoms in total. The third-order valence-electron chi connectivity index (χ3n) is 7.69. The number of amides is 2. The highest BCUT2D eigenvalue weighted by Crippen LogP contribution is 2.41. The average Bonchev–Trinajstić information content (AvgIpc) is 3.41. The van der Waals surface area contributed by atoms with Gasteiger partial charge in [-0.15, -0.1) is 5.10 Å². The minimum absolute atomic E-state index is 0.0883. The summed E-state index contributed by atoms with van der Waals surface area (Å²) in [4.78, 5) is 32.3. The van der Waals surface area contributed by atoms with Crippen LogP contribution in [-0.4, -0.2) is 103 Å². The van der Waals surface area contributed by atoms with Crippen LogP contribution in [0.1, 0.15) is 38.8 Å². The Kier molecular flexibility index (Phi) is 10.2. The Morgan fingerprint density at radius 2 is 1.74 bits per heavy atom. The molecule has 42 heavy (non-hydrogen) atoms. The van der Waals surface area contributed by atoms with Gasteiger partial charge in [0.05, 0.1) is 40.1 Å². The number of nitrogens with zero attached hydrogens (tertiary/aromatic N) is 5. The summed E-state index contributed by atoms with van der Waals surface area (Å²) in [7, 11) is 4.57. The van der Waals surface area contributed by atoms with Gasteiger partial charge in [-0.05, 0) is 50.1 Å². The van der Waals surface area contributed by atoms with Crippen molar-refractivity contribution in [3.8, 4) is 17.2 Å². The topological polar surface area (TPSA) is 120 Å². The van der Waals surface area contributed by atoms with Crippen molar-refractivity contribution in [3.63, 3.8) is 0 Å². The second-order valence-corrected chi connectivity index (χ2v) is 10.9. The molecule has 1 aliphatic rings. The van der Waals surface area contributed by atoms with Gasteiger partial charge in [0.1, 0.15) is 18.1 Å². The number of ether oxygens (including phenoxy) is 4. The fourth-order valence-corrected chi connectivity index (χ4v) is 4.95. The van der Waals surface area contributed by atoms with Gasteiger partial charge in [-0.1, -0.05) is 24.3 Å². The first-order valence-electron chi connectivity index (χ1n) is 14.2. The number of benzene rings is 2. The fraction of sp³-hybridized carbons (Fsp3) is 0.533. The summed E-state index contributed by atoms with van der Waals surface area (Å²) in [6.45, 7) is 9.45. The van der Waals surface area contributed by atoms with E-state index in [4.69, 9.17) is 18.9 Å². The molecule has 2 aromatic carbocycles. The van der Waals surface area contributed by atoms with E-state index >= 15 is 0 Å². The third-order valence-corrected chi connectivity index (χ3v) is 7.69. The van der Waals surface area contributed by atoms with Gasteiger partial charge in [0.2, 0.25) is 17.6 Å². The molecule has 1 fully saturated rings. The van der Waals surface area contributed by atoms with E-state index in [0.717, 1.165) is 18.6 Å². The van der Waals surface area contributed by atoms with Crippen molar-refractivity contribution < 1.29 is 28.5 Å². The first kappa shape index (κ1) is 31.0. The Morgan fingerprint density at radius 1 is 1.07 bits per heavy atom. The Morgan fingerprint density at radius 3 is 2.36 bits per heavy atom. The molecule has 0 spiro atoms. The first-order chi connectivity index (χ1) is 20.2. The fourth-order valence-electron chi connectivity index (χ4n) is 4.95. The molecule has 1 aromatic heterocycles. The quantitative estimate of drug-likeness (QED) is 0.324. The largest absolute Gasteiger partial charge is 0.493 e. The lowest BCUT2D eigenvalue weighted by Crippen LogP contribution is -2.52. The van der Waals surface area contributed by atoms with Crippen molar-refractivity contribution >= 4 is 22.8 Å². The second kappa shape index (κ2) is 13.8. The van der Waals surface area contributed by atoms with E-state index in [9.17, 15) is 9.59 Å². The number of hydrogen-bond donors (Lipinski definition) is 1. The number of fused-ring (bicyclic) bond motifs is 1. The SMILES string of the molecule is CCC(C)(C)NC(=O)[C@H](c1cc(OC)c(OC)c(OC)c1)N(CCN1CCOCC1)C(=O)Cn1nnc2ccccc21. The molecule has 4 rings (SSSR count). The number of hydrogen-bond acceptors (Lipinski definition) is 9. The number of aromatic nitrogens is 3. The monoisotopic (exact) mass is 582 g/mol. The van der Waals surface area contributed by atoms with Crippen molar-refractivity contribution in [1.29, 1.82) is 0 Å². The molecule has 0 saturated carbocycles. The minimum Gasteiger partial charge on any atom is -0.493 e. The highest BCUT2D eigenvalue weighted by Gasteiger charge is 2.36. The Hall–Kier alpha value is -3.90. The third kappa shape index (κ3) is 7.11. The number of rotatable bonds is 13. The number of methoxy groups -OCH3 is 3. The van der Waals surface area contributed by atoms with E-state index in [2.05, 4.69) is 20.5 Å². The van der Waals surface area contributed by atoms with Crippen LogP contribution < -0.4 is 19.5 Å². The molecule has 0 unspecified atom stereocenters. The number of para-hydroxylation sites is 1. The Bertz CT molecular complexity index is 1340. The molecule has 3 aromatic rings. The molecule has 1 atom stereocenters. The molecule has 2 amide bonds. The van der Waals surface area contributed by atoms with Crippen LogP contribution in [0.2, 0.25) is 0 Å². The second-order valence-electron chi connectivity index (χ2n) is 10.9.